The van der Waals surface area contributed by atoms with E-state index in [1.54, 1.807) is 17.0 Å². The topological polar surface area (TPSA) is 20.3 Å². The third-order valence-corrected chi connectivity index (χ3v) is 4.63. The van der Waals surface area contributed by atoms with Gasteiger partial charge in [0.05, 0.1) is 6.04 Å². The Morgan fingerprint density at radius 3 is 2.42 bits per heavy atom. The van der Waals surface area contributed by atoms with Crippen LogP contribution in [0.1, 0.15) is 36.4 Å². The third kappa shape index (κ3) is 3.73. The van der Waals surface area contributed by atoms with E-state index in [4.69, 9.17) is 0 Å². The number of nitrogens with zero attached hydrogens (tertiary/aromatic N) is 1. The number of amides is 1. The highest BCUT2D eigenvalue weighted by Crippen LogP contribution is 2.30. The lowest BCUT2D eigenvalue weighted by molar-refractivity contribution is -0.132. The van der Waals surface area contributed by atoms with Crippen LogP contribution in [0.4, 0.5) is 4.39 Å². The van der Waals surface area contributed by atoms with Gasteiger partial charge in [-0.25, -0.2) is 4.39 Å². The molecule has 1 amide bonds. The average molecular weight is 323 g/mol. The van der Waals surface area contributed by atoms with E-state index in [9.17, 15) is 9.18 Å². The number of hydrogen-bond acceptors (Lipinski definition) is 1. The number of hydrogen-bond donors (Lipinski definition) is 0. The Balaban J connectivity index is 1.87. The molecule has 124 valence electrons. The van der Waals surface area contributed by atoms with Crippen molar-refractivity contribution in [2.24, 2.45) is 5.92 Å². The Morgan fingerprint density at radius 2 is 1.79 bits per heavy atom. The van der Waals surface area contributed by atoms with Crippen molar-refractivity contribution >= 4 is 5.91 Å². The Hall–Kier alpha value is -2.42. The molecule has 2 unspecified atom stereocenters. The monoisotopic (exact) mass is 323 g/mol. The van der Waals surface area contributed by atoms with Gasteiger partial charge in [-0.1, -0.05) is 54.6 Å². The molecule has 0 aromatic heterocycles. The number of carbonyl (C=O) groups excluding carboxylic acids is 1. The maximum Gasteiger partial charge on any atom is 0.223 e. The quantitative estimate of drug-likeness (QED) is 0.729. The molecule has 0 aliphatic heterocycles. The number of halogens is 1. The number of carbonyl (C=O) groups is 1. The first kappa shape index (κ1) is 16.4. The van der Waals surface area contributed by atoms with Crippen molar-refractivity contribution in [1.82, 2.24) is 4.90 Å². The molecule has 1 aliphatic rings. The Labute approximate surface area is 142 Å². The molecule has 2 atom stereocenters. The van der Waals surface area contributed by atoms with Crippen molar-refractivity contribution in [3.8, 4) is 0 Å². The van der Waals surface area contributed by atoms with Gasteiger partial charge in [0, 0.05) is 13.5 Å². The summed E-state index contributed by atoms with van der Waals surface area (Å²) >= 11 is 0. The fourth-order valence-electron chi connectivity index (χ4n) is 3.30. The minimum absolute atomic E-state index is 0.115. The molecular weight excluding hydrogens is 301 g/mol. The predicted octanol–water partition coefficient (Wildman–Crippen LogP) is 4.73. The highest BCUT2D eigenvalue weighted by molar-refractivity contribution is 5.77. The molecule has 0 N–H and O–H groups in total. The molecule has 2 aromatic rings. The molecule has 0 fully saturated rings. The molecule has 24 heavy (non-hydrogen) atoms. The van der Waals surface area contributed by atoms with Gasteiger partial charge in [-0.15, -0.1) is 0 Å². The highest BCUT2D eigenvalue weighted by Gasteiger charge is 2.25. The van der Waals surface area contributed by atoms with Gasteiger partial charge >= 0.3 is 0 Å². The lowest BCUT2D eigenvalue weighted by Gasteiger charge is -2.30. The van der Waals surface area contributed by atoms with Crippen molar-refractivity contribution in [1.29, 1.82) is 0 Å². The highest BCUT2D eigenvalue weighted by atomic mass is 19.1. The lowest BCUT2D eigenvalue weighted by Crippen LogP contribution is -2.32. The van der Waals surface area contributed by atoms with Crippen LogP contribution in [0.15, 0.2) is 66.7 Å². The number of allylic oxidation sites excluding steroid dienone is 2. The summed E-state index contributed by atoms with van der Waals surface area (Å²) in [5.74, 6) is 0.185. The zero-order valence-corrected chi connectivity index (χ0v) is 13.9. The second-order valence-electron chi connectivity index (χ2n) is 6.34. The summed E-state index contributed by atoms with van der Waals surface area (Å²) in [5.41, 5.74) is 1.95. The van der Waals surface area contributed by atoms with E-state index in [2.05, 4.69) is 12.2 Å². The number of rotatable bonds is 5. The van der Waals surface area contributed by atoms with Gasteiger partial charge in [0.15, 0.2) is 0 Å². The SMILES string of the molecule is CN(C(=O)CC1C=CCC1)C(c1ccccc1)c1ccc(F)cc1. The van der Waals surface area contributed by atoms with E-state index >= 15 is 0 Å². The second-order valence-corrected chi connectivity index (χ2v) is 6.34. The Morgan fingerprint density at radius 1 is 1.12 bits per heavy atom. The molecule has 0 bridgehead atoms. The summed E-state index contributed by atoms with van der Waals surface area (Å²) < 4.78 is 13.3. The fraction of sp³-hybridized carbons (Fsp3) is 0.286. The fourth-order valence-corrected chi connectivity index (χ4v) is 3.30. The molecule has 0 spiro atoms. The number of benzene rings is 2. The van der Waals surface area contributed by atoms with Crippen LogP contribution in [0, 0.1) is 11.7 Å². The zero-order chi connectivity index (χ0) is 16.9. The van der Waals surface area contributed by atoms with E-state index in [0.717, 1.165) is 24.0 Å². The molecule has 3 heteroatoms. The summed E-state index contributed by atoms with van der Waals surface area (Å²) in [7, 11) is 1.84. The van der Waals surface area contributed by atoms with Gasteiger partial charge in [0.1, 0.15) is 5.82 Å². The smallest absolute Gasteiger partial charge is 0.223 e. The van der Waals surface area contributed by atoms with Crippen LogP contribution in [0.3, 0.4) is 0 Å². The van der Waals surface area contributed by atoms with Crippen molar-refractivity contribution in [3.63, 3.8) is 0 Å². The van der Waals surface area contributed by atoms with E-state index in [0.29, 0.717) is 12.3 Å². The standard InChI is InChI=1S/C21H22FNO/c1-23(20(24)15-16-7-5-6-8-16)21(17-9-3-2-4-10-17)18-11-13-19(22)14-12-18/h2-5,7,9-14,16,21H,6,8,15H2,1H3. The lowest BCUT2D eigenvalue weighted by atomic mass is 9.96. The third-order valence-electron chi connectivity index (χ3n) is 4.63. The van der Waals surface area contributed by atoms with Gasteiger partial charge in [-0.3, -0.25) is 4.79 Å². The molecular formula is C21H22FNO. The maximum atomic E-state index is 13.3. The normalized spacial score (nSPS) is 17.7. The maximum absolute atomic E-state index is 13.3. The molecule has 2 aromatic carbocycles. The molecule has 0 saturated heterocycles. The first-order chi connectivity index (χ1) is 11.6. The molecule has 0 radical (unpaired) electrons. The Kier molecular flexibility index (Phi) is 5.09. The zero-order valence-electron chi connectivity index (χ0n) is 13.9. The van der Waals surface area contributed by atoms with Crippen LogP contribution in [0.5, 0.6) is 0 Å². The largest absolute Gasteiger partial charge is 0.335 e. The van der Waals surface area contributed by atoms with E-state index in [1.165, 1.54) is 12.1 Å². The minimum Gasteiger partial charge on any atom is -0.335 e. The van der Waals surface area contributed by atoms with Crippen LogP contribution in [0.25, 0.3) is 0 Å². The predicted molar refractivity (Wildman–Crippen MR) is 93.9 cm³/mol. The molecule has 2 nitrogen and oxygen atoms in total. The van der Waals surface area contributed by atoms with Gasteiger partial charge in [0.25, 0.3) is 0 Å². The molecule has 0 heterocycles. The van der Waals surface area contributed by atoms with Gasteiger partial charge < -0.3 is 4.90 Å². The van der Waals surface area contributed by atoms with Crippen molar-refractivity contribution in [3.05, 3.63) is 83.7 Å². The van der Waals surface area contributed by atoms with Crippen LogP contribution in [0.2, 0.25) is 0 Å². The summed E-state index contributed by atoms with van der Waals surface area (Å²) in [6.07, 6.45) is 6.92. The van der Waals surface area contributed by atoms with E-state index in [1.807, 2.05) is 37.4 Å². The van der Waals surface area contributed by atoms with Crippen LogP contribution in [-0.2, 0) is 4.79 Å². The van der Waals surface area contributed by atoms with Gasteiger partial charge in [0.2, 0.25) is 5.91 Å². The Bertz CT molecular complexity index is 708. The summed E-state index contributed by atoms with van der Waals surface area (Å²) in [5, 5.41) is 0. The van der Waals surface area contributed by atoms with Crippen LogP contribution in [-0.4, -0.2) is 17.9 Å². The van der Waals surface area contributed by atoms with Crippen LogP contribution >= 0.6 is 0 Å². The van der Waals surface area contributed by atoms with Gasteiger partial charge in [-0.05, 0) is 42.0 Å². The van der Waals surface area contributed by atoms with Crippen molar-refractivity contribution < 1.29 is 9.18 Å². The average Bonchev–Trinajstić information content (AvgIpc) is 3.10. The minimum atomic E-state index is -0.268. The first-order valence-corrected chi connectivity index (χ1v) is 8.38. The van der Waals surface area contributed by atoms with E-state index < -0.39 is 0 Å². The van der Waals surface area contributed by atoms with Crippen LogP contribution < -0.4 is 0 Å². The molecule has 0 saturated carbocycles. The van der Waals surface area contributed by atoms with Crippen molar-refractivity contribution in [2.75, 3.05) is 7.05 Å². The van der Waals surface area contributed by atoms with E-state index in [-0.39, 0.29) is 17.8 Å². The second kappa shape index (κ2) is 7.43. The molecule has 3 rings (SSSR count). The van der Waals surface area contributed by atoms with Gasteiger partial charge in [-0.2, -0.15) is 0 Å². The summed E-state index contributed by atoms with van der Waals surface area (Å²) in [4.78, 5) is 14.6. The summed E-state index contributed by atoms with van der Waals surface area (Å²) in [6, 6.07) is 16.1. The summed E-state index contributed by atoms with van der Waals surface area (Å²) in [6.45, 7) is 0. The molecule has 1 aliphatic carbocycles. The van der Waals surface area contributed by atoms with Crippen molar-refractivity contribution in [2.45, 2.75) is 25.3 Å². The first-order valence-electron chi connectivity index (χ1n) is 8.38.